The van der Waals surface area contributed by atoms with Crippen molar-refractivity contribution in [1.29, 1.82) is 0 Å². The van der Waals surface area contributed by atoms with Crippen molar-refractivity contribution in [2.45, 2.75) is 37.3 Å². The van der Waals surface area contributed by atoms with E-state index in [-0.39, 0.29) is 22.6 Å². The zero-order chi connectivity index (χ0) is 19.8. The number of aromatic amines is 1. The number of hydrogen-bond acceptors (Lipinski definition) is 4. The first-order valence-corrected chi connectivity index (χ1v) is 10.0. The Morgan fingerprint density at radius 2 is 2.11 bits per heavy atom. The highest BCUT2D eigenvalue weighted by Gasteiger charge is 2.40. The smallest absolute Gasteiger partial charge is 0.326 e. The van der Waals surface area contributed by atoms with Gasteiger partial charge in [0.1, 0.15) is 0 Å². The molecular formula is C17H18F3N3O3S. The lowest BCUT2D eigenvalue weighted by Crippen LogP contribution is -2.29. The van der Waals surface area contributed by atoms with Crippen LogP contribution in [0, 0.1) is 5.92 Å². The van der Waals surface area contributed by atoms with Gasteiger partial charge in [0.05, 0.1) is 10.6 Å². The van der Waals surface area contributed by atoms with Gasteiger partial charge in [-0.2, -0.15) is 18.3 Å². The Morgan fingerprint density at radius 3 is 2.78 bits per heavy atom. The minimum absolute atomic E-state index is 0.0243. The number of benzene rings is 1. The molecule has 2 aromatic rings. The number of H-pyrrole nitrogens is 1. The molecule has 0 fully saturated rings. The molecule has 1 unspecified atom stereocenters. The topological polar surface area (TPSA) is 91.9 Å². The van der Waals surface area contributed by atoms with Crippen molar-refractivity contribution < 1.29 is 26.4 Å². The van der Waals surface area contributed by atoms with Gasteiger partial charge in [0, 0.05) is 22.9 Å². The van der Waals surface area contributed by atoms with Crippen LogP contribution < -0.4 is 5.32 Å². The van der Waals surface area contributed by atoms with Gasteiger partial charge in [-0.05, 0) is 37.5 Å². The number of rotatable bonds is 4. The third kappa shape index (κ3) is 4.00. The Balaban J connectivity index is 1.77. The van der Waals surface area contributed by atoms with E-state index in [2.05, 4.69) is 15.5 Å². The summed E-state index contributed by atoms with van der Waals surface area (Å²) in [5.41, 5.74) is -0.256. The number of alkyl halides is 3. The van der Waals surface area contributed by atoms with Crippen molar-refractivity contribution in [3.63, 3.8) is 0 Å². The van der Waals surface area contributed by atoms with Gasteiger partial charge in [-0.15, -0.1) is 0 Å². The van der Waals surface area contributed by atoms with E-state index in [1.807, 2.05) is 0 Å². The molecule has 1 atom stereocenters. The SMILES string of the molecule is CCS(=O)(=O)c1cccc(NC(=O)C2CCc3[nH]nc(C(F)(F)F)c3C2)c1. The van der Waals surface area contributed by atoms with E-state index < -0.39 is 33.5 Å². The number of sulfone groups is 1. The molecule has 1 aromatic carbocycles. The van der Waals surface area contributed by atoms with Crippen LogP contribution in [-0.2, 0) is 33.6 Å². The number of hydrogen-bond donors (Lipinski definition) is 2. The van der Waals surface area contributed by atoms with Crippen LogP contribution in [0.3, 0.4) is 0 Å². The predicted octanol–water partition coefficient (Wildman–Crippen LogP) is 2.97. The number of fused-ring (bicyclic) bond motifs is 1. The Kier molecular flexibility index (Phi) is 5.02. The molecule has 0 saturated heterocycles. The van der Waals surface area contributed by atoms with Crippen molar-refractivity contribution in [2.75, 3.05) is 11.1 Å². The summed E-state index contributed by atoms with van der Waals surface area (Å²) in [6.45, 7) is 1.52. The van der Waals surface area contributed by atoms with Gasteiger partial charge in [0.15, 0.2) is 15.5 Å². The summed E-state index contributed by atoms with van der Waals surface area (Å²) in [6, 6.07) is 5.83. The fraction of sp³-hybridized carbons (Fsp3) is 0.412. The molecule has 0 bridgehead atoms. The van der Waals surface area contributed by atoms with Crippen LogP contribution in [0.1, 0.15) is 30.3 Å². The van der Waals surface area contributed by atoms with Crippen molar-refractivity contribution in [1.82, 2.24) is 10.2 Å². The standard InChI is InChI=1S/C17H18F3N3O3S/c1-2-27(25,26)12-5-3-4-11(9-12)21-16(24)10-6-7-14-13(8-10)15(23-22-14)17(18,19)20/h3-5,9-10H,2,6-8H2,1H3,(H,21,24)(H,22,23). The van der Waals surface area contributed by atoms with Gasteiger partial charge in [-0.3, -0.25) is 9.89 Å². The van der Waals surface area contributed by atoms with Gasteiger partial charge >= 0.3 is 6.18 Å². The van der Waals surface area contributed by atoms with Crippen LogP contribution in [0.5, 0.6) is 0 Å². The van der Waals surface area contributed by atoms with E-state index in [0.29, 0.717) is 24.2 Å². The summed E-state index contributed by atoms with van der Waals surface area (Å²) in [7, 11) is -3.42. The average Bonchev–Trinajstić information content (AvgIpc) is 3.05. The van der Waals surface area contributed by atoms with E-state index in [0.717, 1.165) is 0 Å². The van der Waals surface area contributed by atoms with Crippen LogP contribution >= 0.6 is 0 Å². The molecule has 10 heteroatoms. The maximum absolute atomic E-state index is 13.0. The van der Waals surface area contributed by atoms with Crippen molar-refractivity contribution in [3.05, 3.63) is 41.2 Å². The molecule has 1 aliphatic rings. The first-order chi connectivity index (χ1) is 12.6. The maximum Gasteiger partial charge on any atom is 0.435 e. The van der Waals surface area contributed by atoms with Gasteiger partial charge < -0.3 is 5.32 Å². The fourth-order valence-electron chi connectivity index (χ4n) is 3.13. The van der Waals surface area contributed by atoms with Crippen LogP contribution in [-0.4, -0.2) is 30.3 Å². The third-order valence-electron chi connectivity index (χ3n) is 4.63. The second-order valence-corrected chi connectivity index (χ2v) is 8.67. The van der Waals surface area contributed by atoms with E-state index >= 15 is 0 Å². The number of aryl methyl sites for hydroxylation is 1. The lowest BCUT2D eigenvalue weighted by molar-refractivity contribution is -0.142. The number of halogens is 3. The van der Waals surface area contributed by atoms with Crippen molar-refractivity contribution in [2.24, 2.45) is 5.92 Å². The number of carbonyl (C=O) groups excluding carboxylic acids is 1. The predicted molar refractivity (Wildman–Crippen MR) is 91.9 cm³/mol. The largest absolute Gasteiger partial charge is 0.435 e. The molecule has 6 nitrogen and oxygen atoms in total. The third-order valence-corrected chi connectivity index (χ3v) is 6.36. The van der Waals surface area contributed by atoms with Crippen LogP contribution in [0.15, 0.2) is 29.2 Å². The minimum Gasteiger partial charge on any atom is -0.326 e. The summed E-state index contributed by atoms with van der Waals surface area (Å²) < 4.78 is 63.0. The molecule has 3 rings (SSSR count). The highest BCUT2D eigenvalue weighted by molar-refractivity contribution is 7.91. The summed E-state index contributed by atoms with van der Waals surface area (Å²) in [5.74, 6) is -1.17. The second-order valence-electron chi connectivity index (χ2n) is 6.39. The number of amides is 1. The Bertz CT molecular complexity index is 967. The summed E-state index contributed by atoms with van der Waals surface area (Å²) in [6.07, 6.45) is -3.98. The molecule has 0 aliphatic heterocycles. The Hall–Kier alpha value is -2.36. The van der Waals surface area contributed by atoms with E-state index in [4.69, 9.17) is 0 Å². The van der Waals surface area contributed by atoms with Crippen LogP contribution in [0.2, 0.25) is 0 Å². The second kappa shape index (κ2) is 6.99. The van der Waals surface area contributed by atoms with Crippen LogP contribution in [0.4, 0.5) is 18.9 Å². The zero-order valence-corrected chi connectivity index (χ0v) is 15.2. The molecule has 27 heavy (non-hydrogen) atoms. The van der Waals surface area contributed by atoms with Gasteiger partial charge in [0.25, 0.3) is 0 Å². The quantitative estimate of drug-likeness (QED) is 0.824. The number of aromatic nitrogens is 2. The molecule has 146 valence electrons. The first-order valence-electron chi connectivity index (χ1n) is 8.39. The van der Waals surface area contributed by atoms with E-state index in [1.165, 1.54) is 25.1 Å². The monoisotopic (exact) mass is 401 g/mol. The first kappa shape index (κ1) is 19.4. The molecule has 0 saturated carbocycles. The molecule has 0 radical (unpaired) electrons. The highest BCUT2D eigenvalue weighted by atomic mass is 32.2. The van der Waals surface area contributed by atoms with E-state index in [9.17, 15) is 26.4 Å². The lowest BCUT2D eigenvalue weighted by Gasteiger charge is -2.22. The van der Waals surface area contributed by atoms with E-state index in [1.54, 1.807) is 6.07 Å². The fourth-order valence-corrected chi connectivity index (χ4v) is 4.06. The molecule has 2 N–H and O–H groups in total. The maximum atomic E-state index is 13.0. The number of carbonyl (C=O) groups is 1. The average molecular weight is 401 g/mol. The zero-order valence-electron chi connectivity index (χ0n) is 14.4. The minimum atomic E-state index is -4.58. The van der Waals surface area contributed by atoms with Gasteiger partial charge in [0.2, 0.25) is 5.91 Å². The number of anilines is 1. The summed E-state index contributed by atoms with van der Waals surface area (Å²) in [4.78, 5) is 12.6. The summed E-state index contributed by atoms with van der Waals surface area (Å²) in [5, 5.41) is 8.36. The van der Waals surface area contributed by atoms with Gasteiger partial charge in [-0.25, -0.2) is 8.42 Å². The van der Waals surface area contributed by atoms with Crippen molar-refractivity contribution >= 4 is 21.4 Å². The summed E-state index contributed by atoms with van der Waals surface area (Å²) >= 11 is 0. The molecule has 1 aliphatic carbocycles. The van der Waals surface area contributed by atoms with Gasteiger partial charge in [-0.1, -0.05) is 13.0 Å². The Morgan fingerprint density at radius 1 is 1.37 bits per heavy atom. The highest BCUT2D eigenvalue weighted by Crippen LogP contribution is 2.36. The number of nitrogens with zero attached hydrogens (tertiary/aromatic N) is 1. The van der Waals surface area contributed by atoms with Crippen molar-refractivity contribution in [3.8, 4) is 0 Å². The van der Waals surface area contributed by atoms with Crippen LogP contribution in [0.25, 0.3) is 0 Å². The molecule has 1 heterocycles. The molecule has 1 amide bonds. The number of nitrogens with one attached hydrogen (secondary N) is 2. The molecule has 1 aromatic heterocycles. The lowest BCUT2D eigenvalue weighted by atomic mass is 9.85. The normalized spacial score (nSPS) is 17.4. The molecule has 0 spiro atoms. The Labute approximate surface area is 154 Å². The molecular weight excluding hydrogens is 383 g/mol.